The summed E-state index contributed by atoms with van der Waals surface area (Å²) in [6.45, 7) is 7.75. The molecule has 2 bridgehead atoms. The van der Waals surface area contributed by atoms with Crippen LogP contribution in [0.1, 0.15) is 56.3 Å². The number of piperidine rings is 1. The third-order valence-electron chi connectivity index (χ3n) is 8.45. The van der Waals surface area contributed by atoms with Crippen molar-refractivity contribution in [1.29, 1.82) is 0 Å². The van der Waals surface area contributed by atoms with Gasteiger partial charge in [0.25, 0.3) is 0 Å². The van der Waals surface area contributed by atoms with Gasteiger partial charge in [-0.2, -0.15) is 0 Å². The number of allylic oxidation sites excluding steroid dienone is 2. The first kappa shape index (κ1) is 20.4. The third kappa shape index (κ3) is 3.30. The first-order valence-electron chi connectivity index (χ1n) is 12.4. The summed E-state index contributed by atoms with van der Waals surface area (Å²) >= 11 is 0. The van der Waals surface area contributed by atoms with E-state index in [1.165, 1.54) is 49.2 Å². The minimum absolute atomic E-state index is 0.119. The SMILES string of the molecule is Cc1cccnc1[C@@H]1CCC[C@H](C2(C)CN3C(N4CC5CCC(C4)N5)=CC=CC3=N2)N1C. The van der Waals surface area contributed by atoms with E-state index in [1.54, 1.807) is 0 Å². The van der Waals surface area contributed by atoms with Gasteiger partial charge in [0, 0.05) is 37.4 Å². The normalized spacial score (nSPS) is 36.8. The number of likely N-dealkylation sites (tertiary alicyclic amines) is 2. The molecule has 3 saturated heterocycles. The first-order chi connectivity index (χ1) is 15.5. The zero-order valence-electron chi connectivity index (χ0n) is 19.7. The highest BCUT2D eigenvalue weighted by molar-refractivity contribution is 5.97. The molecule has 0 radical (unpaired) electrons. The lowest BCUT2D eigenvalue weighted by Crippen LogP contribution is -2.56. The second-order valence-corrected chi connectivity index (χ2v) is 10.7. The molecule has 6 heterocycles. The van der Waals surface area contributed by atoms with Crippen LogP contribution >= 0.6 is 0 Å². The predicted molar refractivity (Wildman–Crippen MR) is 128 cm³/mol. The summed E-state index contributed by atoms with van der Waals surface area (Å²) in [7, 11) is 2.30. The highest BCUT2D eigenvalue weighted by atomic mass is 15.4. The number of aryl methyl sites for hydroxylation is 1. The van der Waals surface area contributed by atoms with E-state index in [0.29, 0.717) is 24.2 Å². The maximum absolute atomic E-state index is 5.38. The van der Waals surface area contributed by atoms with Gasteiger partial charge in [0.05, 0.1) is 23.8 Å². The van der Waals surface area contributed by atoms with E-state index in [9.17, 15) is 0 Å². The Bertz CT molecular complexity index is 970. The minimum Gasteiger partial charge on any atom is -0.355 e. The number of rotatable bonds is 3. The molecule has 32 heavy (non-hydrogen) atoms. The summed E-state index contributed by atoms with van der Waals surface area (Å²) in [5.74, 6) is 2.49. The van der Waals surface area contributed by atoms with Crippen molar-refractivity contribution in [3.8, 4) is 0 Å². The van der Waals surface area contributed by atoms with E-state index in [-0.39, 0.29) is 5.54 Å². The molecular weight excluding hydrogens is 396 g/mol. The van der Waals surface area contributed by atoms with Gasteiger partial charge in [0.15, 0.2) is 0 Å². The van der Waals surface area contributed by atoms with Crippen LogP contribution < -0.4 is 5.32 Å². The van der Waals surface area contributed by atoms with E-state index in [0.717, 1.165) is 25.5 Å². The molecule has 3 unspecified atom stereocenters. The van der Waals surface area contributed by atoms with Gasteiger partial charge in [0.2, 0.25) is 0 Å². The molecule has 1 aromatic heterocycles. The Hall–Kier alpha value is -2.18. The molecule has 0 amide bonds. The van der Waals surface area contributed by atoms with Gasteiger partial charge < -0.3 is 15.1 Å². The molecule has 6 heteroatoms. The van der Waals surface area contributed by atoms with Crippen LogP contribution in [0.2, 0.25) is 0 Å². The number of piperazine rings is 1. The van der Waals surface area contributed by atoms with Crippen LogP contribution in [0.4, 0.5) is 0 Å². The molecule has 0 aromatic carbocycles. The van der Waals surface area contributed by atoms with Crippen molar-refractivity contribution >= 4 is 5.84 Å². The monoisotopic (exact) mass is 432 g/mol. The number of fused-ring (bicyclic) bond motifs is 3. The maximum atomic E-state index is 5.38. The number of nitrogens with one attached hydrogen (secondary N) is 1. The molecule has 3 fully saturated rings. The van der Waals surface area contributed by atoms with Crippen molar-refractivity contribution in [3.05, 3.63) is 53.6 Å². The summed E-state index contributed by atoms with van der Waals surface area (Å²) in [4.78, 5) is 17.8. The van der Waals surface area contributed by atoms with Gasteiger partial charge in [0.1, 0.15) is 11.7 Å². The van der Waals surface area contributed by atoms with E-state index >= 15 is 0 Å². The molecular formula is C26H36N6. The number of nitrogens with zero attached hydrogens (tertiary/aromatic N) is 5. The highest BCUT2D eigenvalue weighted by Gasteiger charge is 2.48. The van der Waals surface area contributed by atoms with Crippen LogP contribution in [-0.2, 0) is 0 Å². The lowest BCUT2D eigenvalue weighted by molar-refractivity contribution is 0.0595. The number of aromatic nitrogens is 1. The van der Waals surface area contributed by atoms with E-state index in [2.05, 4.69) is 65.2 Å². The standard InChI is InChI=1S/C26H36N6/c1-18-7-6-14-27-25(18)21-8-4-9-22(30(21)3)26(2)17-32-23(29-26)10-5-11-24(32)31-15-19-12-13-20(16-31)28-19/h5-7,10-11,14,19-22,28H,4,8-9,12-13,15-17H2,1-3H3/t19?,20?,21-,22+,26?/m0/s1. The number of hydrogen-bond donors (Lipinski definition) is 1. The Morgan fingerprint density at radius 1 is 1.12 bits per heavy atom. The van der Waals surface area contributed by atoms with Crippen molar-refractivity contribution in [3.63, 3.8) is 0 Å². The van der Waals surface area contributed by atoms with E-state index in [4.69, 9.17) is 9.98 Å². The number of hydrogen-bond acceptors (Lipinski definition) is 6. The summed E-state index contributed by atoms with van der Waals surface area (Å²) in [5, 5.41) is 3.77. The molecule has 5 aliphatic heterocycles. The fourth-order valence-corrected chi connectivity index (χ4v) is 6.89. The van der Waals surface area contributed by atoms with E-state index in [1.807, 2.05) is 12.3 Å². The third-order valence-corrected chi connectivity index (χ3v) is 8.45. The smallest absolute Gasteiger partial charge is 0.129 e. The molecule has 0 aliphatic carbocycles. The Balaban J connectivity index is 1.25. The van der Waals surface area contributed by atoms with Crippen molar-refractivity contribution in [2.75, 3.05) is 26.7 Å². The molecule has 1 aromatic rings. The predicted octanol–water partition coefficient (Wildman–Crippen LogP) is 3.24. The molecule has 6 rings (SSSR count). The van der Waals surface area contributed by atoms with Gasteiger partial charge in [-0.15, -0.1) is 0 Å². The minimum atomic E-state index is -0.119. The Labute approximate surface area is 192 Å². The lowest BCUT2D eigenvalue weighted by atomic mass is 9.82. The van der Waals surface area contributed by atoms with Crippen molar-refractivity contribution in [1.82, 2.24) is 25.0 Å². The lowest BCUT2D eigenvalue weighted by Gasteiger charge is -2.46. The zero-order chi connectivity index (χ0) is 21.9. The Kier molecular flexibility index (Phi) is 4.92. The van der Waals surface area contributed by atoms with Crippen LogP contribution in [0.15, 0.2) is 47.4 Å². The molecule has 6 nitrogen and oxygen atoms in total. The fraction of sp³-hybridized carbons (Fsp3) is 0.615. The topological polar surface area (TPSA) is 47.0 Å². The quantitative estimate of drug-likeness (QED) is 0.795. The molecule has 1 N–H and O–H groups in total. The Morgan fingerprint density at radius 2 is 1.94 bits per heavy atom. The summed E-state index contributed by atoms with van der Waals surface area (Å²) in [6, 6.07) is 6.31. The van der Waals surface area contributed by atoms with Crippen LogP contribution in [0, 0.1) is 6.92 Å². The highest BCUT2D eigenvalue weighted by Crippen LogP contribution is 2.42. The molecule has 5 atom stereocenters. The van der Waals surface area contributed by atoms with Crippen LogP contribution in [0.25, 0.3) is 0 Å². The van der Waals surface area contributed by atoms with Gasteiger partial charge in [-0.25, -0.2) is 0 Å². The maximum Gasteiger partial charge on any atom is 0.129 e. The second kappa shape index (κ2) is 7.70. The molecule has 0 spiro atoms. The number of aliphatic imine (C=N–C) groups is 1. The van der Waals surface area contributed by atoms with Crippen molar-refractivity contribution in [2.45, 2.75) is 75.7 Å². The number of amidine groups is 1. The van der Waals surface area contributed by atoms with Crippen molar-refractivity contribution < 1.29 is 0 Å². The van der Waals surface area contributed by atoms with Gasteiger partial charge in [-0.1, -0.05) is 12.1 Å². The van der Waals surface area contributed by atoms with Crippen LogP contribution in [0.3, 0.4) is 0 Å². The van der Waals surface area contributed by atoms with Crippen LogP contribution in [-0.4, -0.2) is 75.9 Å². The largest absolute Gasteiger partial charge is 0.355 e. The Morgan fingerprint density at radius 3 is 2.72 bits per heavy atom. The second-order valence-electron chi connectivity index (χ2n) is 10.7. The molecule has 170 valence electrons. The first-order valence-corrected chi connectivity index (χ1v) is 12.4. The van der Waals surface area contributed by atoms with Gasteiger partial charge in [-0.05, 0) is 76.8 Å². The zero-order valence-corrected chi connectivity index (χ0v) is 19.7. The number of pyridine rings is 1. The fourth-order valence-electron chi connectivity index (χ4n) is 6.89. The summed E-state index contributed by atoms with van der Waals surface area (Å²) < 4.78 is 0. The average molecular weight is 433 g/mol. The molecule has 0 saturated carbocycles. The van der Waals surface area contributed by atoms with Gasteiger partial charge in [-0.3, -0.25) is 14.9 Å². The average Bonchev–Trinajstić information content (AvgIpc) is 3.32. The van der Waals surface area contributed by atoms with Crippen LogP contribution in [0.5, 0.6) is 0 Å². The molecule has 5 aliphatic rings. The summed E-state index contributed by atoms with van der Waals surface area (Å²) in [6.07, 6.45) is 14.9. The summed E-state index contributed by atoms with van der Waals surface area (Å²) in [5.41, 5.74) is 2.42. The number of likely N-dealkylation sites (N-methyl/N-ethyl adjacent to an activating group) is 1. The van der Waals surface area contributed by atoms with Gasteiger partial charge >= 0.3 is 0 Å². The van der Waals surface area contributed by atoms with Crippen molar-refractivity contribution in [2.24, 2.45) is 4.99 Å². The van der Waals surface area contributed by atoms with E-state index < -0.39 is 0 Å².